The van der Waals surface area contributed by atoms with E-state index in [1.807, 2.05) is 6.07 Å². The Hall–Kier alpha value is -1.65. The third kappa shape index (κ3) is 3.22. The van der Waals surface area contributed by atoms with Crippen molar-refractivity contribution >= 4 is 0 Å². The Morgan fingerprint density at radius 3 is 2.79 bits per heavy atom. The molecule has 2 heterocycles. The van der Waals surface area contributed by atoms with E-state index in [-0.39, 0.29) is 0 Å². The summed E-state index contributed by atoms with van der Waals surface area (Å²) in [6.07, 6.45) is 4.33. The molecule has 2 aromatic rings. The minimum Gasteiger partial charge on any atom is -0.315 e. The zero-order valence-electron chi connectivity index (χ0n) is 11.0. The van der Waals surface area contributed by atoms with Crippen molar-refractivity contribution in [1.29, 1.82) is 0 Å². The second-order valence-corrected chi connectivity index (χ2v) is 5.09. The van der Waals surface area contributed by atoms with Crippen LogP contribution >= 0.6 is 0 Å². The zero-order valence-corrected chi connectivity index (χ0v) is 11.0. The maximum absolute atomic E-state index is 3.97. The first-order valence-electron chi connectivity index (χ1n) is 6.94. The van der Waals surface area contributed by atoms with Gasteiger partial charge in [0.1, 0.15) is 0 Å². The van der Waals surface area contributed by atoms with Crippen molar-refractivity contribution in [3.63, 3.8) is 0 Å². The molecule has 1 fully saturated rings. The fraction of sp³-hybridized carbons (Fsp3) is 0.400. The molecule has 0 aliphatic carbocycles. The summed E-state index contributed by atoms with van der Waals surface area (Å²) in [6.45, 7) is 3.19. The second-order valence-electron chi connectivity index (χ2n) is 5.09. The third-order valence-electron chi connectivity index (χ3n) is 3.66. The van der Waals surface area contributed by atoms with E-state index in [9.17, 15) is 0 Å². The Balaban J connectivity index is 1.57. The predicted molar refractivity (Wildman–Crippen MR) is 76.8 cm³/mol. The molecule has 0 spiro atoms. The van der Waals surface area contributed by atoms with E-state index in [1.165, 1.54) is 24.0 Å². The SMILES string of the molecule is c1cc(-c2ccc(CNC3CCCNC3)cc2)[nH]n1. The fourth-order valence-corrected chi connectivity index (χ4v) is 2.51. The van der Waals surface area contributed by atoms with Gasteiger partial charge in [-0.15, -0.1) is 0 Å². The van der Waals surface area contributed by atoms with Crippen LogP contribution in [0, 0.1) is 0 Å². The normalized spacial score (nSPS) is 19.5. The molecule has 4 heteroatoms. The van der Waals surface area contributed by atoms with Crippen molar-refractivity contribution in [3.05, 3.63) is 42.1 Å². The smallest absolute Gasteiger partial charge is 0.0650 e. The standard InChI is InChI=1S/C15H20N4/c1-2-14(11-16-8-1)17-10-12-3-5-13(6-4-12)15-7-9-18-19-15/h3-7,9,14,16-17H,1-2,8,10-11H2,(H,18,19). The summed E-state index contributed by atoms with van der Waals surface area (Å²) < 4.78 is 0. The van der Waals surface area contributed by atoms with Crippen LogP contribution < -0.4 is 10.6 Å². The average molecular weight is 256 g/mol. The highest BCUT2D eigenvalue weighted by atomic mass is 15.1. The van der Waals surface area contributed by atoms with Gasteiger partial charge >= 0.3 is 0 Å². The van der Waals surface area contributed by atoms with E-state index in [0.29, 0.717) is 6.04 Å². The molecule has 4 nitrogen and oxygen atoms in total. The Bertz CT molecular complexity index is 483. The summed E-state index contributed by atoms with van der Waals surface area (Å²) in [4.78, 5) is 0. The van der Waals surface area contributed by atoms with Crippen molar-refractivity contribution in [2.75, 3.05) is 13.1 Å². The van der Waals surface area contributed by atoms with Crippen LogP contribution in [0.1, 0.15) is 18.4 Å². The lowest BCUT2D eigenvalue weighted by atomic mass is 10.1. The van der Waals surface area contributed by atoms with Crippen LogP contribution in [-0.2, 0) is 6.54 Å². The van der Waals surface area contributed by atoms with Gasteiger partial charge in [0.25, 0.3) is 0 Å². The summed E-state index contributed by atoms with van der Waals surface area (Å²) in [5.41, 5.74) is 3.57. The molecule has 3 N–H and O–H groups in total. The molecule has 1 unspecified atom stereocenters. The number of benzene rings is 1. The van der Waals surface area contributed by atoms with Gasteiger partial charge in [0.05, 0.1) is 5.69 Å². The number of rotatable bonds is 4. The Morgan fingerprint density at radius 2 is 2.11 bits per heavy atom. The summed E-state index contributed by atoms with van der Waals surface area (Å²) in [6, 6.07) is 11.2. The number of nitrogens with zero attached hydrogens (tertiary/aromatic N) is 1. The van der Waals surface area contributed by atoms with E-state index in [2.05, 4.69) is 45.1 Å². The van der Waals surface area contributed by atoms with Crippen molar-refractivity contribution in [2.24, 2.45) is 0 Å². The minimum atomic E-state index is 0.612. The number of aromatic nitrogens is 2. The molecule has 0 saturated carbocycles. The quantitative estimate of drug-likeness (QED) is 0.783. The maximum atomic E-state index is 3.97. The van der Waals surface area contributed by atoms with Crippen LogP contribution in [0.15, 0.2) is 36.5 Å². The number of aromatic amines is 1. The molecule has 100 valence electrons. The van der Waals surface area contributed by atoms with Crippen LogP contribution in [0.3, 0.4) is 0 Å². The Morgan fingerprint density at radius 1 is 1.21 bits per heavy atom. The first-order valence-corrected chi connectivity index (χ1v) is 6.94. The van der Waals surface area contributed by atoms with E-state index in [0.717, 1.165) is 25.3 Å². The molecule has 1 saturated heterocycles. The molecule has 1 aromatic carbocycles. The Labute approximate surface area is 113 Å². The molecular formula is C15H20N4. The molecule has 19 heavy (non-hydrogen) atoms. The number of nitrogens with one attached hydrogen (secondary N) is 3. The maximum Gasteiger partial charge on any atom is 0.0650 e. The topological polar surface area (TPSA) is 52.7 Å². The lowest BCUT2D eigenvalue weighted by Gasteiger charge is -2.23. The molecule has 1 aliphatic rings. The van der Waals surface area contributed by atoms with Gasteiger partial charge in [-0.25, -0.2) is 0 Å². The van der Waals surface area contributed by atoms with Crippen LogP contribution in [0.25, 0.3) is 11.3 Å². The van der Waals surface area contributed by atoms with Gasteiger partial charge in [-0.2, -0.15) is 5.10 Å². The molecule has 3 rings (SSSR count). The predicted octanol–water partition coefficient (Wildman–Crippen LogP) is 1.92. The van der Waals surface area contributed by atoms with Crippen LogP contribution in [0.2, 0.25) is 0 Å². The first-order chi connectivity index (χ1) is 9.42. The zero-order chi connectivity index (χ0) is 12.9. The summed E-state index contributed by atoms with van der Waals surface area (Å²) >= 11 is 0. The lowest BCUT2D eigenvalue weighted by Crippen LogP contribution is -2.42. The van der Waals surface area contributed by atoms with Crippen molar-refractivity contribution in [1.82, 2.24) is 20.8 Å². The van der Waals surface area contributed by atoms with Gasteiger partial charge in [0.2, 0.25) is 0 Å². The van der Waals surface area contributed by atoms with E-state index < -0.39 is 0 Å². The minimum absolute atomic E-state index is 0.612. The number of hydrogen-bond donors (Lipinski definition) is 3. The Kier molecular flexibility index (Phi) is 3.91. The van der Waals surface area contributed by atoms with Gasteiger partial charge in [-0.05, 0) is 36.6 Å². The number of piperidine rings is 1. The van der Waals surface area contributed by atoms with Crippen LogP contribution in [0.5, 0.6) is 0 Å². The molecule has 1 aliphatic heterocycles. The second kappa shape index (κ2) is 5.99. The van der Waals surface area contributed by atoms with Crippen LogP contribution in [0.4, 0.5) is 0 Å². The molecular weight excluding hydrogens is 236 g/mol. The first kappa shape index (κ1) is 12.4. The number of hydrogen-bond acceptors (Lipinski definition) is 3. The summed E-state index contributed by atoms with van der Waals surface area (Å²) in [5, 5.41) is 14.0. The monoisotopic (exact) mass is 256 g/mol. The van der Waals surface area contributed by atoms with E-state index >= 15 is 0 Å². The highest BCUT2D eigenvalue weighted by Crippen LogP contribution is 2.16. The van der Waals surface area contributed by atoms with Gasteiger partial charge in [-0.3, -0.25) is 5.10 Å². The molecule has 0 bridgehead atoms. The molecule has 0 amide bonds. The van der Waals surface area contributed by atoms with Crippen LogP contribution in [-0.4, -0.2) is 29.3 Å². The van der Waals surface area contributed by atoms with Crippen molar-refractivity contribution < 1.29 is 0 Å². The van der Waals surface area contributed by atoms with Gasteiger partial charge < -0.3 is 10.6 Å². The number of H-pyrrole nitrogens is 1. The molecule has 1 aromatic heterocycles. The van der Waals surface area contributed by atoms with E-state index in [1.54, 1.807) is 6.20 Å². The third-order valence-corrected chi connectivity index (χ3v) is 3.66. The van der Waals surface area contributed by atoms with E-state index in [4.69, 9.17) is 0 Å². The van der Waals surface area contributed by atoms with Gasteiger partial charge in [-0.1, -0.05) is 24.3 Å². The fourth-order valence-electron chi connectivity index (χ4n) is 2.51. The lowest BCUT2D eigenvalue weighted by molar-refractivity contribution is 0.389. The van der Waals surface area contributed by atoms with Crippen molar-refractivity contribution in [3.8, 4) is 11.3 Å². The summed E-state index contributed by atoms with van der Waals surface area (Å²) in [5.74, 6) is 0. The van der Waals surface area contributed by atoms with Crippen molar-refractivity contribution in [2.45, 2.75) is 25.4 Å². The van der Waals surface area contributed by atoms with Gasteiger partial charge in [0.15, 0.2) is 0 Å². The van der Waals surface area contributed by atoms with Gasteiger partial charge in [0, 0.05) is 25.3 Å². The largest absolute Gasteiger partial charge is 0.315 e. The molecule has 1 atom stereocenters. The average Bonchev–Trinajstić information content (AvgIpc) is 3.01. The highest BCUT2D eigenvalue weighted by Gasteiger charge is 2.11. The molecule has 0 radical (unpaired) electrons. The summed E-state index contributed by atoms with van der Waals surface area (Å²) in [7, 11) is 0. The highest BCUT2D eigenvalue weighted by molar-refractivity contribution is 5.58.